The molecule has 1 aromatic rings. The van der Waals surface area contributed by atoms with Gasteiger partial charge < -0.3 is 9.84 Å². The summed E-state index contributed by atoms with van der Waals surface area (Å²) in [4.78, 5) is 11.3. The highest BCUT2D eigenvalue weighted by Gasteiger charge is 2.15. The maximum Gasteiger partial charge on any atom is 0.348 e. The molecule has 0 aliphatic rings. The first kappa shape index (κ1) is 14.8. The fraction of sp³-hybridized carbons (Fsp3) is 0.231. The van der Waals surface area contributed by atoms with Crippen molar-refractivity contribution in [1.82, 2.24) is 0 Å². The molecule has 1 aromatic carbocycles. The van der Waals surface area contributed by atoms with Crippen LogP contribution in [-0.2, 0) is 16.1 Å². The van der Waals surface area contributed by atoms with Crippen molar-refractivity contribution in [1.29, 1.82) is 5.26 Å². The molecule has 0 fully saturated rings. The van der Waals surface area contributed by atoms with Gasteiger partial charge in [0.25, 0.3) is 0 Å². The van der Waals surface area contributed by atoms with Crippen LogP contribution in [0.1, 0.15) is 18.1 Å². The van der Waals surface area contributed by atoms with Gasteiger partial charge in [0.05, 0.1) is 13.2 Å². The number of nitriles is 1. The number of halogens is 2. The van der Waals surface area contributed by atoms with Crippen molar-refractivity contribution in [2.75, 3.05) is 6.61 Å². The lowest BCUT2D eigenvalue weighted by molar-refractivity contribution is -0.137. The van der Waals surface area contributed by atoms with Crippen LogP contribution in [0.15, 0.2) is 17.7 Å². The van der Waals surface area contributed by atoms with Gasteiger partial charge in [-0.15, -0.1) is 0 Å². The SMILES string of the molecule is CCOC(=O)/C(C#N)=C/c1c(F)cc(CO)cc1F. The number of ether oxygens (including phenoxy) is 1. The molecular formula is C13H11F2NO3. The maximum atomic E-state index is 13.6. The summed E-state index contributed by atoms with van der Waals surface area (Å²) in [7, 11) is 0. The predicted octanol–water partition coefficient (Wildman–Crippen LogP) is 1.93. The summed E-state index contributed by atoms with van der Waals surface area (Å²) in [5, 5.41) is 17.6. The molecule has 0 spiro atoms. The maximum absolute atomic E-state index is 13.6. The molecule has 4 nitrogen and oxygen atoms in total. The minimum atomic E-state index is -0.971. The van der Waals surface area contributed by atoms with Crippen LogP contribution in [0, 0.1) is 23.0 Å². The lowest BCUT2D eigenvalue weighted by Gasteiger charge is -2.04. The fourth-order valence-electron chi connectivity index (χ4n) is 1.36. The summed E-state index contributed by atoms with van der Waals surface area (Å²) in [6, 6.07) is 3.37. The highest BCUT2D eigenvalue weighted by molar-refractivity contribution is 5.97. The summed E-state index contributed by atoms with van der Waals surface area (Å²) < 4.78 is 31.8. The van der Waals surface area contributed by atoms with E-state index in [1.165, 1.54) is 6.07 Å². The van der Waals surface area contributed by atoms with Gasteiger partial charge in [-0.1, -0.05) is 0 Å². The molecule has 6 heteroatoms. The zero-order chi connectivity index (χ0) is 14.4. The second-order valence-electron chi connectivity index (χ2n) is 3.52. The molecule has 0 atom stereocenters. The van der Waals surface area contributed by atoms with E-state index in [1.807, 2.05) is 0 Å². The second-order valence-corrected chi connectivity index (χ2v) is 3.52. The van der Waals surface area contributed by atoms with Gasteiger partial charge in [0.1, 0.15) is 23.3 Å². The van der Waals surface area contributed by atoms with Crippen molar-refractivity contribution < 1.29 is 23.4 Å². The highest BCUT2D eigenvalue weighted by Crippen LogP contribution is 2.19. The minimum Gasteiger partial charge on any atom is -0.462 e. The fourth-order valence-corrected chi connectivity index (χ4v) is 1.36. The van der Waals surface area contributed by atoms with E-state index in [1.54, 1.807) is 6.92 Å². The largest absolute Gasteiger partial charge is 0.462 e. The van der Waals surface area contributed by atoms with Gasteiger partial charge in [0.2, 0.25) is 0 Å². The smallest absolute Gasteiger partial charge is 0.348 e. The van der Waals surface area contributed by atoms with Crippen LogP contribution in [0.2, 0.25) is 0 Å². The number of aliphatic hydroxyl groups excluding tert-OH is 1. The van der Waals surface area contributed by atoms with Crippen LogP contribution in [0.5, 0.6) is 0 Å². The first-order valence-corrected chi connectivity index (χ1v) is 5.41. The monoisotopic (exact) mass is 267 g/mol. The van der Waals surface area contributed by atoms with Gasteiger partial charge in [0.15, 0.2) is 0 Å². The molecule has 0 aliphatic heterocycles. The number of nitrogens with zero attached hydrogens (tertiary/aromatic N) is 1. The minimum absolute atomic E-state index is 0.0479. The Labute approximate surface area is 108 Å². The average Bonchev–Trinajstić information content (AvgIpc) is 2.38. The van der Waals surface area contributed by atoms with E-state index in [9.17, 15) is 13.6 Å². The Morgan fingerprint density at radius 1 is 1.47 bits per heavy atom. The van der Waals surface area contributed by atoms with Crippen LogP contribution < -0.4 is 0 Å². The predicted molar refractivity (Wildman–Crippen MR) is 62.5 cm³/mol. The van der Waals surface area contributed by atoms with Crippen LogP contribution in [0.4, 0.5) is 8.78 Å². The van der Waals surface area contributed by atoms with Crippen LogP contribution >= 0.6 is 0 Å². The summed E-state index contributed by atoms with van der Waals surface area (Å²) in [5.41, 5.74) is -0.972. The van der Waals surface area contributed by atoms with E-state index in [-0.39, 0.29) is 12.2 Å². The van der Waals surface area contributed by atoms with E-state index in [0.717, 1.165) is 18.2 Å². The Kier molecular flexibility index (Phi) is 5.15. The van der Waals surface area contributed by atoms with E-state index in [4.69, 9.17) is 10.4 Å². The molecule has 0 aliphatic carbocycles. The van der Waals surface area contributed by atoms with Gasteiger partial charge in [-0.25, -0.2) is 13.6 Å². The number of carbonyl (C=O) groups is 1. The highest BCUT2D eigenvalue weighted by atomic mass is 19.1. The zero-order valence-electron chi connectivity index (χ0n) is 10.1. The molecular weight excluding hydrogens is 256 g/mol. The van der Waals surface area contributed by atoms with Gasteiger partial charge in [0, 0.05) is 5.56 Å². The third kappa shape index (κ3) is 3.60. The number of rotatable bonds is 4. The van der Waals surface area contributed by atoms with Crippen molar-refractivity contribution in [2.24, 2.45) is 0 Å². The van der Waals surface area contributed by atoms with Crippen molar-refractivity contribution in [3.8, 4) is 6.07 Å². The Morgan fingerprint density at radius 2 is 2.05 bits per heavy atom. The van der Waals surface area contributed by atoms with E-state index in [0.29, 0.717) is 0 Å². The lowest BCUT2D eigenvalue weighted by atomic mass is 10.1. The number of hydrogen-bond acceptors (Lipinski definition) is 4. The third-order valence-corrected chi connectivity index (χ3v) is 2.23. The molecule has 0 saturated carbocycles. The van der Waals surface area contributed by atoms with Crippen molar-refractivity contribution >= 4 is 12.0 Å². The number of carbonyl (C=O) groups excluding carboxylic acids is 1. The molecule has 1 N–H and O–H groups in total. The Morgan fingerprint density at radius 3 is 2.47 bits per heavy atom. The van der Waals surface area contributed by atoms with Gasteiger partial charge >= 0.3 is 5.97 Å². The molecule has 0 amide bonds. The molecule has 0 radical (unpaired) electrons. The molecule has 0 bridgehead atoms. The molecule has 0 aromatic heterocycles. The summed E-state index contributed by atoms with van der Waals surface area (Å²) in [5.74, 6) is -2.89. The molecule has 0 heterocycles. The molecule has 0 saturated heterocycles. The zero-order valence-corrected chi connectivity index (χ0v) is 10.1. The van der Waals surface area contributed by atoms with Crippen LogP contribution in [0.3, 0.4) is 0 Å². The van der Waals surface area contributed by atoms with Crippen LogP contribution in [0.25, 0.3) is 6.08 Å². The summed E-state index contributed by atoms with van der Waals surface area (Å²) >= 11 is 0. The number of esters is 1. The Balaban J connectivity index is 3.23. The topological polar surface area (TPSA) is 70.3 Å². The summed E-state index contributed by atoms with van der Waals surface area (Å²) in [6.45, 7) is 1.08. The summed E-state index contributed by atoms with van der Waals surface area (Å²) in [6.07, 6.45) is 0.782. The molecule has 1 rings (SSSR count). The number of aliphatic hydroxyl groups is 1. The van der Waals surface area contributed by atoms with Crippen molar-refractivity contribution in [3.05, 3.63) is 40.5 Å². The van der Waals surface area contributed by atoms with Gasteiger partial charge in [-0.2, -0.15) is 5.26 Å². The van der Waals surface area contributed by atoms with E-state index >= 15 is 0 Å². The Hall–Kier alpha value is -2.26. The van der Waals surface area contributed by atoms with Gasteiger partial charge in [-0.05, 0) is 30.7 Å². The Bertz CT molecular complexity index is 538. The average molecular weight is 267 g/mol. The van der Waals surface area contributed by atoms with Crippen molar-refractivity contribution in [3.63, 3.8) is 0 Å². The van der Waals surface area contributed by atoms with Crippen LogP contribution in [-0.4, -0.2) is 17.7 Å². The van der Waals surface area contributed by atoms with Crippen molar-refractivity contribution in [2.45, 2.75) is 13.5 Å². The second kappa shape index (κ2) is 6.61. The van der Waals surface area contributed by atoms with E-state index < -0.39 is 35.3 Å². The molecule has 19 heavy (non-hydrogen) atoms. The quantitative estimate of drug-likeness (QED) is 0.514. The first-order chi connectivity index (χ1) is 9.03. The molecule has 0 unspecified atom stereocenters. The normalized spacial score (nSPS) is 11.0. The standard InChI is InChI=1S/C13H11F2NO3/c1-2-19-13(18)9(6-16)5-10-11(14)3-8(7-17)4-12(10)15/h3-5,17H,2,7H2,1H3/b9-5+. The lowest BCUT2D eigenvalue weighted by Crippen LogP contribution is -2.06. The number of benzene rings is 1. The van der Waals surface area contributed by atoms with Gasteiger partial charge in [-0.3, -0.25) is 0 Å². The van der Waals surface area contributed by atoms with E-state index in [2.05, 4.69) is 4.74 Å². The third-order valence-electron chi connectivity index (χ3n) is 2.23. The molecule has 100 valence electrons. The first-order valence-electron chi connectivity index (χ1n) is 5.41. The number of hydrogen-bond donors (Lipinski definition) is 1.